The van der Waals surface area contributed by atoms with Crippen molar-refractivity contribution in [2.75, 3.05) is 10.6 Å². The molecule has 1 aliphatic rings. The molecule has 0 saturated heterocycles. The fourth-order valence-corrected chi connectivity index (χ4v) is 4.08. The topological polar surface area (TPSA) is 41.1 Å². The Hall–Kier alpha value is -1.52. The Labute approximate surface area is 133 Å². The Morgan fingerprint density at radius 2 is 2.19 bits per heavy atom. The molecule has 0 saturated carbocycles. The van der Waals surface area contributed by atoms with Crippen LogP contribution in [0.15, 0.2) is 24.3 Å². The van der Waals surface area contributed by atoms with E-state index in [0.717, 1.165) is 28.6 Å². The maximum Gasteiger partial charge on any atom is 0.221 e. The first kappa shape index (κ1) is 14.4. The lowest BCUT2D eigenvalue weighted by Gasteiger charge is -2.17. The molecule has 0 radical (unpaired) electrons. The van der Waals surface area contributed by atoms with Gasteiger partial charge in [0, 0.05) is 23.2 Å². The first-order valence-electron chi connectivity index (χ1n) is 6.96. The number of hydrogen-bond donors (Lipinski definition) is 2. The zero-order valence-electron chi connectivity index (χ0n) is 12.0. The van der Waals surface area contributed by atoms with Crippen LogP contribution in [0.1, 0.15) is 35.4 Å². The Morgan fingerprint density at radius 1 is 1.38 bits per heavy atom. The Morgan fingerprint density at radius 3 is 2.95 bits per heavy atom. The van der Waals surface area contributed by atoms with Crippen LogP contribution < -0.4 is 10.6 Å². The fraction of sp³-hybridized carbons (Fsp3) is 0.312. The van der Waals surface area contributed by atoms with Crippen LogP contribution in [0.25, 0.3) is 0 Å². The first-order valence-corrected chi connectivity index (χ1v) is 8.15. The minimum Gasteiger partial charge on any atom is -0.378 e. The van der Waals surface area contributed by atoms with Crippen LogP contribution in [0.5, 0.6) is 0 Å². The van der Waals surface area contributed by atoms with E-state index in [2.05, 4.69) is 23.6 Å². The van der Waals surface area contributed by atoms with E-state index in [1.807, 2.05) is 18.2 Å². The molecular formula is C16H17ClN2OS. The summed E-state index contributed by atoms with van der Waals surface area (Å²) in [4.78, 5) is 12.6. The summed E-state index contributed by atoms with van der Waals surface area (Å²) in [6.07, 6.45) is 2.16. The van der Waals surface area contributed by atoms with Gasteiger partial charge in [-0.25, -0.2) is 0 Å². The molecule has 0 aliphatic heterocycles. The lowest BCUT2D eigenvalue weighted by Crippen LogP contribution is -2.10. The van der Waals surface area contributed by atoms with E-state index < -0.39 is 0 Å². The SMILES string of the molecule is CC(=O)Nc1ccc(C)c(NC2CCc3sc(Cl)cc32)c1. The third kappa shape index (κ3) is 3.06. The third-order valence-corrected chi connectivity index (χ3v) is 5.07. The molecule has 21 heavy (non-hydrogen) atoms. The zero-order valence-corrected chi connectivity index (χ0v) is 13.6. The average Bonchev–Trinajstić information content (AvgIpc) is 2.93. The number of thiophene rings is 1. The van der Waals surface area contributed by atoms with Crippen LogP contribution in [0, 0.1) is 6.92 Å². The second kappa shape index (κ2) is 5.70. The summed E-state index contributed by atoms with van der Waals surface area (Å²) in [6.45, 7) is 3.58. The number of anilines is 2. The molecule has 0 spiro atoms. The number of carbonyl (C=O) groups excluding carboxylic acids is 1. The van der Waals surface area contributed by atoms with Gasteiger partial charge in [0.15, 0.2) is 0 Å². The number of fused-ring (bicyclic) bond motifs is 1. The quantitative estimate of drug-likeness (QED) is 0.855. The highest BCUT2D eigenvalue weighted by Crippen LogP contribution is 2.41. The number of aryl methyl sites for hydroxylation is 2. The summed E-state index contributed by atoms with van der Waals surface area (Å²) in [6, 6.07) is 8.30. The summed E-state index contributed by atoms with van der Waals surface area (Å²) in [5.41, 5.74) is 4.35. The predicted octanol–water partition coefficient (Wildman–Crippen LogP) is 4.77. The van der Waals surface area contributed by atoms with E-state index in [4.69, 9.17) is 11.6 Å². The minimum absolute atomic E-state index is 0.0578. The van der Waals surface area contributed by atoms with Gasteiger partial charge in [0.25, 0.3) is 0 Å². The Kier molecular flexibility index (Phi) is 3.91. The van der Waals surface area contributed by atoms with Gasteiger partial charge in [0.2, 0.25) is 5.91 Å². The molecule has 1 atom stereocenters. The van der Waals surface area contributed by atoms with E-state index in [-0.39, 0.29) is 5.91 Å². The molecule has 2 N–H and O–H groups in total. The van der Waals surface area contributed by atoms with Crippen molar-refractivity contribution in [3.8, 4) is 0 Å². The highest BCUT2D eigenvalue weighted by atomic mass is 35.5. The van der Waals surface area contributed by atoms with Crippen LogP contribution in [-0.4, -0.2) is 5.91 Å². The largest absolute Gasteiger partial charge is 0.378 e. The molecule has 1 heterocycles. The van der Waals surface area contributed by atoms with Gasteiger partial charge in [-0.15, -0.1) is 11.3 Å². The van der Waals surface area contributed by atoms with Crippen molar-refractivity contribution in [1.29, 1.82) is 0 Å². The summed E-state index contributed by atoms with van der Waals surface area (Å²) < 4.78 is 0.857. The number of halogens is 1. The smallest absolute Gasteiger partial charge is 0.221 e. The molecular weight excluding hydrogens is 304 g/mol. The molecule has 0 fully saturated rings. The Bertz CT molecular complexity index is 696. The summed E-state index contributed by atoms with van der Waals surface area (Å²) in [5, 5.41) is 6.41. The number of benzene rings is 1. The van der Waals surface area contributed by atoms with Crippen molar-refractivity contribution >= 4 is 40.2 Å². The second-order valence-corrected chi connectivity index (χ2v) is 7.14. The molecule has 3 nitrogen and oxygen atoms in total. The standard InChI is InChI=1S/C16H17ClN2OS/c1-9-3-4-11(18-10(2)20)7-14(9)19-13-5-6-15-12(13)8-16(17)21-15/h3-4,7-8,13,19H,5-6H2,1-2H3,(H,18,20). The van der Waals surface area contributed by atoms with Crippen LogP contribution in [0.2, 0.25) is 4.34 Å². The van der Waals surface area contributed by atoms with E-state index in [1.165, 1.54) is 22.9 Å². The van der Waals surface area contributed by atoms with Crippen molar-refractivity contribution in [1.82, 2.24) is 0 Å². The van der Waals surface area contributed by atoms with Crippen molar-refractivity contribution in [2.24, 2.45) is 0 Å². The maximum absolute atomic E-state index is 11.2. The van der Waals surface area contributed by atoms with Crippen molar-refractivity contribution < 1.29 is 4.79 Å². The van der Waals surface area contributed by atoms with Gasteiger partial charge < -0.3 is 10.6 Å². The fourth-order valence-electron chi connectivity index (χ4n) is 2.73. The molecule has 110 valence electrons. The zero-order chi connectivity index (χ0) is 15.0. The second-order valence-electron chi connectivity index (χ2n) is 5.38. The van der Waals surface area contributed by atoms with Gasteiger partial charge in [0.05, 0.1) is 10.4 Å². The molecule has 5 heteroatoms. The normalized spacial score (nSPS) is 16.6. The molecule has 3 rings (SSSR count). The molecule has 1 unspecified atom stereocenters. The highest BCUT2D eigenvalue weighted by Gasteiger charge is 2.25. The van der Waals surface area contributed by atoms with Gasteiger partial charge in [0.1, 0.15) is 0 Å². The molecule has 1 aromatic carbocycles. The van der Waals surface area contributed by atoms with E-state index >= 15 is 0 Å². The van der Waals surface area contributed by atoms with E-state index in [0.29, 0.717) is 6.04 Å². The number of amides is 1. The summed E-state index contributed by atoms with van der Waals surface area (Å²) >= 11 is 7.78. The van der Waals surface area contributed by atoms with Crippen LogP contribution in [0.4, 0.5) is 11.4 Å². The highest BCUT2D eigenvalue weighted by molar-refractivity contribution is 7.16. The van der Waals surface area contributed by atoms with Gasteiger partial charge >= 0.3 is 0 Å². The number of nitrogens with one attached hydrogen (secondary N) is 2. The van der Waals surface area contributed by atoms with E-state index in [1.54, 1.807) is 11.3 Å². The van der Waals surface area contributed by atoms with Crippen molar-refractivity contribution in [2.45, 2.75) is 32.7 Å². The minimum atomic E-state index is -0.0578. The lowest BCUT2D eigenvalue weighted by molar-refractivity contribution is -0.114. The molecule has 1 aliphatic carbocycles. The third-order valence-electron chi connectivity index (χ3n) is 3.73. The summed E-state index contributed by atoms with van der Waals surface area (Å²) in [5.74, 6) is -0.0578. The van der Waals surface area contributed by atoms with Crippen LogP contribution in [-0.2, 0) is 11.2 Å². The van der Waals surface area contributed by atoms with Gasteiger partial charge in [-0.05, 0) is 49.1 Å². The van der Waals surface area contributed by atoms with Crippen LogP contribution in [0.3, 0.4) is 0 Å². The molecule has 1 amide bonds. The average molecular weight is 321 g/mol. The number of rotatable bonds is 3. The van der Waals surface area contributed by atoms with E-state index in [9.17, 15) is 4.79 Å². The Balaban J connectivity index is 1.83. The first-order chi connectivity index (χ1) is 10.0. The molecule has 2 aromatic rings. The number of hydrogen-bond acceptors (Lipinski definition) is 3. The van der Waals surface area contributed by atoms with Crippen LogP contribution >= 0.6 is 22.9 Å². The molecule has 0 bridgehead atoms. The van der Waals surface area contributed by atoms with Gasteiger partial charge in [-0.3, -0.25) is 4.79 Å². The maximum atomic E-state index is 11.2. The monoisotopic (exact) mass is 320 g/mol. The lowest BCUT2D eigenvalue weighted by atomic mass is 10.1. The van der Waals surface area contributed by atoms with Crippen molar-refractivity contribution in [3.05, 3.63) is 44.6 Å². The number of carbonyl (C=O) groups is 1. The summed E-state index contributed by atoms with van der Waals surface area (Å²) in [7, 11) is 0. The van der Waals surface area contributed by atoms with Gasteiger partial charge in [-0.2, -0.15) is 0 Å². The van der Waals surface area contributed by atoms with Gasteiger partial charge in [-0.1, -0.05) is 17.7 Å². The van der Waals surface area contributed by atoms with Crippen molar-refractivity contribution in [3.63, 3.8) is 0 Å². The predicted molar refractivity (Wildman–Crippen MR) is 89.5 cm³/mol. The molecule has 1 aromatic heterocycles.